The molecule has 1 aliphatic rings. The van der Waals surface area contributed by atoms with Crippen molar-refractivity contribution in [3.63, 3.8) is 0 Å². The summed E-state index contributed by atoms with van der Waals surface area (Å²) in [5, 5.41) is 9.61. The van der Waals surface area contributed by atoms with Crippen molar-refractivity contribution in [1.82, 2.24) is 4.67 Å². The maximum absolute atomic E-state index is 13.4. The molecule has 0 aromatic heterocycles. The van der Waals surface area contributed by atoms with E-state index >= 15 is 0 Å². The van der Waals surface area contributed by atoms with Crippen LogP contribution in [0.25, 0.3) is 0 Å². The summed E-state index contributed by atoms with van der Waals surface area (Å²) in [5.74, 6) is -0.359. The fraction of sp³-hybridized carbons (Fsp3) is 0.316. The van der Waals surface area contributed by atoms with E-state index in [1.165, 1.54) is 4.67 Å². The molecular formula is C19H22NO5P. The molecule has 1 heterocycles. The largest absolute Gasteiger partial charge is 0.489 e. The number of hydrogen-bond donors (Lipinski definition) is 1. The maximum Gasteiger partial charge on any atom is 0.318 e. The fourth-order valence-corrected chi connectivity index (χ4v) is 5.09. The number of rotatable bonds is 6. The standard InChI is InChI=1S/C19H22NO5P/c21-19(22)14-20-12-4-5-13-25-26(20,23)18-10-8-17(9-11-18)24-15-16-6-2-1-3-7-16/h1-3,6-11H,4-5,12-15H2,(H,21,22). The Morgan fingerprint density at radius 3 is 2.54 bits per heavy atom. The van der Waals surface area contributed by atoms with Gasteiger partial charge in [0, 0.05) is 6.54 Å². The van der Waals surface area contributed by atoms with Gasteiger partial charge in [0.1, 0.15) is 18.9 Å². The van der Waals surface area contributed by atoms with Gasteiger partial charge in [-0.3, -0.25) is 9.36 Å². The number of nitrogens with zero attached hydrogens (tertiary/aromatic N) is 1. The molecule has 0 amide bonds. The third kappa shape index (κ3) is 4.52. The van der Waals surface area contributed by atoms with Gasteiger partial charge < -0.3 is 14.4 Å². The molecule has 2 aromatic rings. The van der Waals surface area contributed by atoms with Crippen LogP contribution in [0.3, 0.4) is 0 Å². The molecule has 26 heavy (non-hydrogen) atoms. The third-order valence-electron chi connectivity index (χ3n) is 4.18. The zero-order valence-corrected chi connectivity index (χ0v) is 15.3. The van der Waals surface area contributed by atoms with Crippen LogP contribution in [0.4, 0.5) is 0 Å². The van der Waals surface area contributed by atoms with Gasteiger partial charge >= 0.3 is 13.5 Å². The predicted octanol–water partition coefficient (Wildman–Crippen LogP) is 3.28. The highest BCUT2D eigenvalue weighted by Gasteiger charge is 2.36. The van der Waals surface area contributed by atoms with Crippen molar-refractivity contribution in [1.29, 1.82) is 0 Å². The first kappa shape index (κ1) is 18.6. The number of carbonyl (C=O) groups is 1. The molecule has 0 aliphatic carbocycles. The molecule has 1 unspecified atom stereocenters. The Kier molecular flexibility index (Phi) is 6.09. The molecule has 6 nitrogen and oxygen atoms in total. The van der Waals surface area contributed by atoms with E-state index in [2.05, 4.69) is 0 Å². The molecule has 0 bridgehead atoms. The van der Waals surface area contributed by atoms with Gasteiger partial charge in [-0.25, -0.2) is 4.67 Å². The summed E-state index contributed by atoms with van der Waals surface area (Å²) in [6, 6.07) is 16.7. The van der Waals surface area contributed by atoms with E-state index in [1.54, 1.807) is 24.3 Å². The highest BCUT2D eigenvalue weighted by Crippen LogP contribution is 2.51. The molecule has 7 heteroatoms. The lowest BCUT2D eigenvalue weighted by molar-refractivity contribution is -0.137. The SMILES string of the molecule is O=C(O)CN1CCCCOP1(=O)c1ccc(OCc2ccccc2)cc1. The zero-order chi connectivity index (χ0) is 18.4. The van der Waals surface area contributed by atoms with Gasteiger partial charge in [-0.1, -0.05) is 30.3 Å². The molecule has 138 valence electrons. The molecule has 1 N–H and O–H groups in total. The summed E-state index contributed by atoms with van der Waals surface area (Å²) < 4.78 is 26.2. The van der Waals surface area contributed by atoms with E-state index in [-0.39, 0.29) is 6.54 Å². The molecule has 0 spiro atoms. The Morgan fingerprint density at radius 1 is 1.12 bits per heavy atom. The first-order valence-electron chi connectivity index (χ1n) is 8.57. The number of aliphatic carboxylic acids is 1. The van der Waals surface area contributed by atoms with Gasteiger partial charge in [0.15, 0.2) is 0 Å². The highest BCUT2D eigenvalue weighted by molar-refractivity contribution is 7.64. The van der Waals surface area contributed by atoms with Crippen LogP contribution in [-0.4, -0.2) is 35.4 Å². The van der Waals surface area contributed by atoms with E-state index < -0.39 is 13.5 Å². The van der Waals surface area contributed by atoms with Crippen LogP contribution in [0, 0.1) is 0 Å². The molecule has 3 rings (SSSR count). The third-order valence-corrected chi connectivity index (χ3v) is 6.75. The van der Waals surface area contributed by atoms with Crippen molar-refractivity contribution in [3.05, 3.63) is 60.2 Å². The van der Waals surface area contributed by atoms with Crippen LogP contribution in [0.5, 0.6) is 5.75 Å². The minimum absolute atomic E-state index is 0.302. The molecule has 1 aliphatic heterocycles. The van der Waals surface area contributed by atoms with Gasteiger partial charge in [0.2, 0.25) is 0 Å². The van der Waals surface area contributed by atoms with Crippen LogP contribution in [0.1, 0.15) is 18.4 Å². The minimum Gasteiger partial charge on any atom is -0.489 e. The summed E-state index contributed by atoms with van der Waals surface area (Å²) in [5.41, 5.74) is 1.06. The molecule has 1 saturated heterocycles. The number of benzene rings is 2. The predicted molar refractivity (Wildman–Crippen MR) is 98.9 cm³/mol. The van der Waals surface area contributed by atoms with E-state index in [0.717, 1.165) is 18.4 Å². The van der Waals surface area contributed by atoms with Crippen molar-refractivity contribution in [2.45, 2.75) is 19.4 Å². The van der Waals surface area contributed by atoms with Crippen molar-refractivity contribution in [2.24, 2.45) is 0 Å². The fourth-order valence-electron chi connectivity index (χ4n) is 2.84. The molecule has 1 atom stereocenters. The lowest BCUT2D eigenvalue weighted by Gasteiger charge is -2.27. The van der Waals surface area contributed by atoms with Crippen molar-refractivity contribution < 1.29 is 23.7 Å². The van der Waals surface area contributed by atoms with Crippen LogP contribution >= 0.6 is 7.52 Å². The Morgan fingerprint density at radius 2 is 1.85 bits per heavy atom. The van der Waals surface area contributed by atoms with Crippen LogP contribution in [0.15, 0.2) is 54.6 Å². The number of hydrogen-bond acceptors (Lipinski definition) is 4. The molecule has 0 saturated carbocycles. The van der Waals surface area contributed by atoms with Crippen LogP contribution in [0.2, 0.25) is 0 Å². The van der Waals surface area contributed by atoms with Gasteiger partial charge in [-0.05, 0) is 42.7 Å². The van der Waals surface area contributed by atoms with Gasteiger partial charge in [0.05, 0.1) is 11.9 Å². The normalized spacial score (nSPS) is 21.1. The van der Waals surface area contributed by atoms with E-state index in [0.29, 0.717) is 30.8 Å². The Bertz CT molecular complexity index is 778. The topological polar surface area (TPSA) is 76.1 Å². The molecule has 0 radical (unpaired) electrons. The van der Waals surface area contributed by atoms with E-state index in [4.69, 9.17) is 14.4 Å². The summed E-state index contributed by atoms with van der Waals surface area (Å²) in [7, 11) is -3.37. The number of carboxylic acids is 1. The van der Waals surface area contributed by atoms with Crippen molar-refractivity contribution >= 4 is 18.8 Å². The van der Waals surface area contributed by atoms with E-state index in [1.807, 2.05) is 30.3 Å². The monoisotopic (exact) mass is 375 g/mol. The molecule has 1 fully saturated rings. The maximum atomic E-state index is 13.4. The number of ether oxygens (including phenoxy) is 1. The Labute approximate surface area is 152 Å². The van der Waals surface area contributed by atoms with Gasteiger partial charge in [-0.15, -0.1) is 0 Å². The Balaban J connectivity index is 1.74. The lowest BCUT2D eigenvalue weighted by Crippen LogP contribution is -2.31. The van der Waals surface area contributed by atoms with Gasteiger partial charge in [0.25, 0.3) is 0 Å². The minimum atomic E-state index is -3.37. The summed E-state index contributed by atoms with van der Waals surface area (Å²) in [4.78, 5) is 11.1. The summed E-state index contributed by atoms with van der Waals surface area (Å²) in [6.45, 7) is 0.943. The van der Waals surface area contributed by atoms with Crippen molar-refractivity contribution in [3.8, 4) is 5.75 Å². The van der Waals surface area contributed by atoms with Crippen LogP contribution < -0.4 is 10.0 Å². The second-order valence-corrected chi connectivity index (χ2v) is 8.49. The Hall–Kier alpha value is -2.14. The average molecular weight is 375 g/mol. The van der Waals surface area contributed by atoms with Crippen molar-refractivity contribution in [2.75, 3.05) is 19.7 Å². The van der Waals surface area contributed by atoms with Crippen LogP contribution in [-0.2, 0) is 20.5 Å². The quantitative estimate of drug-likeness (QED) is 0.781. The van der Waals surface area contributed by atoms with Gasteiger partial charge in [-0.2, -0.15) is 0 Å². The number of carboxylic acid groups (broad SMARTS) is 1. The second-order valence-electron chi connectivity index (χ2n) is 6.11. The first-order valence-corrected chi connectivity index (χ1v) is 10.1. The first-order chi connectivity index (χ1) is 12.6. The molecule has 2 aromatic carbocycles. The summed E-state index contributed by atoms with van der Waals surface area (Å²) >= 11 is 0. The average Bonchev–Trinajstić information content (AvgIpc) is 2.83. The molecular weight excluding hydrogens is 353 g/mol. The smallest absolute Gasteiger partial charge is 0.318 e. The highest BCUT2D eigenvalue weighted by atomic mass is 31.2. The second kappa shape index (κ2) is 8.49. The summed E-state index contributed by atoms with van der Waals surface area (Å²) in [6.07, 6.45) is 1.52. The lowest BCUT2D eigenvalue weighted by atomic mass is 10.2. The zero-order valence-electron chi connectivity index (χ0n) is 14.4. The van der Waals surface area contributed by atoms with E-state index in [9.17, 15) is 9.36 Å².